The van der Waals surface area contributed by atoms with E-state index in [1.807, 2.05) is 29.6 Å². The molecule has 0 fully saturated rings. The molecule has 0 aliphatic carbocycles. The van der Waals surface area contributed by atoms with E-state index in [1.54, 1.807) is 17.5 Å². The maximum atomic E-state index is 11.4. The Morgan fingerprint density at radius 3 is 2.65 bits per heavy atom. The summed E-state index contributed by atoms with van der Waals surface area (Å²) in [6, 6.07) is 7.71. The molecule has 0 bridgehead atoms. The number of rotatable bonds is 6. The van der Waals surface area contributed by atoms with Crippen molar-refractivity contribution >= 4 is 28.6 Å². The largest absolute Gasteiger partial charge is 0.376 e. The van der Waals surface area contributed by atoms with Crippen molar-refractivity contribution in [3.8, 4) is 0 Å². The van der Waals surface area contributed by atoms with E-state index in [4.69, 9.17) is 4.74 Å². The highest BCUT2D eigenvalue weighted by molar-refractivity contribution is 7.09. The third kappa shape index (κ3) is 4.04. The van der Waals surface area contributed by atoms with Crippen molar-refractivity contribution in [3.63, 3.8) is 0 Å². The summed E-state index contributed by atoms with van der Waals surface area (Å²) in [5, 5.41) is 9.11. The van der Waals surface area contributed by atoms with Gasteiger partial charge in [0.05, 0.1) is 6.04 Å². The van der Waals surface area contributed by atoms with Crippen LogP contribution in [0, 0.1) is 0 Å². The van der Waals surface area contributed by atoms with Gasteiger partial charge in [0.25, 0.3) is 0 Å². The lowest BCUT2D eigenvalue weighted by Gasteiger charge is -2.13. The standard InChI is InChI=1S/C14H17N3O2S/c1-10(14-15-7-8-20-14)16-11-3-5-12(6-4-11)17-13(18)9-19-2/h3-8,10,16H,9H2,1-2H3,(H,17,18). The van der Waals surface area contributed by atoms with Gasteiger partial charge in [-0.3, -0.25) is 4.79 Å². The van der Waals surface area contributed by atoms with Crippen LogP contribution in [0.4, 0.5) is 11.4 Å². The Labute approximate surface area is 122 Å². The lowest BCUT2D eigenvalue weighted by molar-refractivity contribution is -0.119. The van der Waals surface area contributed by atoms with Gasteiger partial charge >= 0.3 is 0 Å². The molecule has 2 N–H and O–H groups in total. The molecule has 0 aliphatic heterocycles. The van der Waals surface area contributed by atoms with E-state index in [1.165, 1.54) is 7.11 Å². The van der Waals surface area contributed by atoms with E-state index in [9.17, 15) is 4.79 Å². The maximum Gasteiger partial charge on any atom is 0.250 e. The van der Waals surface area contributed by atoms with E-state index < -0.39 is 0 Å². The number of hydrogen-bond acceptors (Lipinski definition) is 5. The highest BCUT2D eigenvalue weighted by Crippen LogP contribution is 2.22. The van der Waals surface area contributed by atoms with Gasteiger partial charge < -0.3 is 15.4 Å². The molecule has 5 nitrogen and oxygen atoms in total. The molecule has 6 heteroatoms. The number of carbonyl (C=O) groups is 1. The Morgan fingerprint density at radius 2 is 2.05 bits per heavy atom. The van der Waals surface area contributed by atoms with Gasteiger partial charge in [0.15, 0.2) is 0 Å². The van der Waals surface area contributed by atoms with Gasteiger partial charge in [-0.15, -0.1) is 11.3 Å². The zero-order chi connectivity index (χ0) is 14.4. The molecule has 0 radical (unpaired) electrons. The highest BCUT2D eigenvalue weighted by Gasteiger charge is 2.07. The number of amides is 1. The smallest absolute Gasteiger partial charge is 0.250 e. The number of ether oxygens (including phenoxy) is 1. The molecule has 2 aromatic rings. The molecule has 1 aromatic heterocycles. The normalized spacial score (nSPS) is 11.9. The van der Waals surface area contributed by atoms with Crippen LogP contribution in [0.5, 0.6) is 0 Å². The van der Waals surface area contributed by atoms with Gasteiger partial charge in [-0.1, -0.05) is 0 Å². The number of thiazole rings is 1. The first-order valence-electron chi connectivity index (χ1n) is 6.24. The number of benzene rings is 1. The van der Waals surface area contributed by atoms with Gasteiger partial charge in [0.2, 0.25) is 5.91 Å². The first kappa shape index (κ1) is 14.5. The van der Waals surface area contributed by atoms with Crippen molar-refractivity contribution in [2.24, 2.45) is 0 Å². The van der Waals surface area contributed by atoms with Crippen molar-refractivity contribution in [3.05, 3.63) is 40.8 Å². The van der Waals surface area contributed by atoms with Crippen LogP contribution < -0.4 is 10.6 Å². The predicted octanol–water partition coefficient (Wildman–Crippen LogP) is 2.90. The van der Waals surface area contributed by atoms with Crippen LogP contribution in [0.15, 0.2) is 35.8 Å². The molecule has 0 aliphatic rings. The molecule has 0 spiro atoms. The minimum atomic E-state index is -0.163. The average molecular weight is 291 g/mol. The van der Waals surface area contributed by atoms with Crippen LogP contribution in [0.2, 0.25) is 0 Å². The minimum Gasteiger partial charge on any atom is -0.376 e. The summed E-state index contributed by atoms with van der Waals surface area (Å²) in [6.07, 6.45) is 1.80. The molecular formula is C14H17N3O2S. The van der Waals surface area contributed by atoms with Gasteiger partial charge in [-0.2, -0.15) is 0 Å². The zero-order valence-electron chi connectivity index (χ0n) is 11.4. The van der Waals surface area contributed by atoms with Crippen molar-refractivity contribution < 1.29 is 9.53 Å². The number of nitrogens with one attached hydrogen (secondary N) is 2. The van der Waals surface area contributed by atoms with Crippen LogP contribution in [0.1, 0.15) is 18.0 Å². The number of hydrogen-bond donors (Lipinski definition) is 2. The highest BCUT2D eigenvalue weighted by atomic mass is 32.1. The van der Waals surface area contributed by atoms with Gasteiger partial charge in [0, 0.05) is 30.1 Å². The maximum absolute atomic E-state index is 11.4. The lowest BCUT2D eigenvalue weighted by atomic mass is 10.2. The summed E-state index contributed by atoms with van der Waals surface area (Å²) in [7, 11) is 1.49. The number of carbonyl (C=O) groups excluding carboxylic acids is 1. The topological polar surface area (TPSA) is 63.2 Å². The zero-order valence-corrected chi connectivity index (χ0v) is 12.2. The van der Waals surface area contributed by atoms with E-state index in [0.717, 1.165) is 16.4 Å². The van der Waals surface area contributed by atoms with Crippen LogP contribution >= 0.6 is 11.3 Å². The number of anilines is 2. The van der Waals surface area contributed by atoms with Crippen LogP contribution in [0.3, 0.4) is 0 Å². The Balaban J connectivity index is 1.93. The Kier molecular flexibility index (Phi) is 5.09. The SMILES string of the molecule is COCC(=O)Nc1ccc(NC(C)c2nccs2)cc1. The van der Waals surface area contributed by atoms with Crippen molar-refractivity contribution in [2.45, 2.75) is 13.0 Å². The van der Waals surface area contributed by atoms with Crippen LogP contribution in [-0.4, -0.2) is 24.6 Å². The fourth-order valence-electron chi connectivity index (χ4n) is 1.74. The molecule has 1 aromatic carbocycles. The second kappa shape index (κ2) is 7.02. The fraction of sp³-hybridized carbons (Fsp3) is 0.286. The Morgan fingerprint density at radius 1 is 1.35 bits per heavy atom. The summed E-state index contributed by atoms with van der Waals surface area (Å²) >= 11 is 1.62. The summed E-state index contributed by atoms with van der Waals surface area (Å²) in [5.41, 5.74) is 1.73. The molecule has 20 heavy (non-hydrogen) atoms. The van der Waals surface area contributed by atoms with E-state index in [-0.39, 0.29) is 18.6 Å². The van der Waals surface area contributed by atoms with Crippen LogP contribution in [-0.2, 0) is 9.53 Å². The number of aromatic nitrogens is 1. The van der Waals surface area contributed by atoms with Gasteiger partial charge in [0.1, 0.15) is 11.6 Å². The molecule has 0 saturated carbocycles. The van der Waals surface area contributed by atoms with Gasteiger partial charge in [-0.05, 0) is 31.2 Å². The van der Waals surface area contributed by atoms with Crippen molar-refractivity contribution in [2.75, 3.05) is 24.4 Å². The predicted molar refractivity (Wildman–Crippen MR) is 81.1 cm³/mol. The summed E-state index contributed by atoms with van der Waals surface area (Å²) in [4.78, 5) is 15.6. The summed E-state index contributed by atoms with van der Waals surface area (Å²) < 4.78 is 4.76. The van der Waals surface area contributed by atoms with Gasteiger partial charge in [-0.25, -0.2) is 4.98 Å². The third-order valence-electron chi connectivity index (χ3n) is 2.65. The lowest BCUT2D eigenvalue weighted by Crippen LogP contribution is -2.17. The monoisotopic (exact) mass is 291 g/mol. The van der Waals surface area contributed by atoms with Crippen molar-refractivity contribution in [1.29, 1.82) is 0 Å². The quantitative estimate of drug-likeness (QED) is 0.859. The summed E-state index contributed by atoms with van der Waals surface area (Å²) in [6.45, 7) is 2.12. The second-order valence-corrected chi connectivity index (χ2v) is 5.22. The third-order valence-corrected chi connectivity index (χ3v) is 3.61. The first-order valence-corrected chi connectivity index (χ1v) is 7.12. The van der Waals surface area contributed by atoms with E-state index in [0.29, 0.717) is 0 Å². The fourth-order valence-corrected chi connectivity index (χ4v) is 2.38. The number of nitrogens with zero attached hydrogens (tertiary/aromatic N) is 1. The Hall–Kier alpha value is -1.92. The summed E-state index contributed by atoms with van der Waals surface area (Å²) in [5.74, 6) is -0.163. The molecular weight excluding hydrogens is 274 g/mol. The van der Waals surface area contributed by atoms with E-state index >= 15 is 0 Å². The van der Waals surface area contributed by atoms with Crippen molar-refractivity contribution in [1.82, 2.24) is 4.98 Å². The minimum absolute atomic E-state index is 0.0566. The molecule has 2 rings (SSSR count). The van der Waals surface area contributed by atoms with E-state index in [2.05, 4.69) is 22.5 Å². The molecule has 1 unspecified atom stereocenters. The number of methoxy groups -OCH3 is 1. The van der Waals surface area contributed by atoms with Crippen LogP contribution in [0.25, 0.3) is 0 Å². The molecule has 0 saturated heterocycles. The molecule has 1 heterocycles. The molecule has 1 amide bonds. The molecule has 1 atom stereocenters. The average Bonchev–Trinajstić information content (AvgIpc) is 2.95. The molecule has 106 valence electrons. The second-order valence-electron chi connectivity index (χ2n) is 4.29. The Bertz CT molecular complexity index is 540. The first-order chi connectivity index (χ1) is 9.69.